The summed E-state index contributed by atoms with van der Waals surface area (Å²) < 4.78 is 11.1. The highest BCUT2D eigenvalue weighted by Crippen LogP contribution is 2.37. The lowest BCUT2D eigenvalue weighted by atomic mass is 10.0. The second-order valence-electron chi connectivity index (χ2n) is 5.52. The summed E-state index contributed by atoms with van der Waals surface area (Å²) in [5.74, 6) is -0.387. The lowest BCUT2D eigenvalue weighted by molar-refractivity contribution is -0.115. The Hall–Kier alpha value is -2.73. The number of carbonyl (C=O) groups excluding carboxylic acids is 1. The van der Waals surface area contributed by atoms with E-state index in [-0.39, 0.29) is 17.9 Å². The summed E-state index contributed by atoms with van der Waals surface area (Å²) in [6.07, 6.45) is 0.688. The molecule has 0 unspecified atom stereocenters. The SMILES string of the molecule is O=C(Cc1ccccc1C(=O)O)Nc1cc2c(cc1Cl)OCCCO2. The van der Waals surface area contributed by atoms with Crippen LogP contribution in [0, 0.1) is 0 Å². The number of benzene rings is 2. The standard InChI is InChI=1S/C18H16ClNO5/c19-13-9-15-16(25-7-3-6-24-15)10-14(13)20-17(21)8-11-4-1-2-5-12(11)18(22)23/h1-2,4-5,9-10H,3,6-8H2,(H,20,21)(H,22,23). The van der Waals surface area contributed by atoms with E-state index >= 15 is 0 Å². The van der Waals surface area contributed by atoms with E-state index in [9.17, 15) is 14.7 Å². The van der Waals surface area contributed by atoms with E-state index in [1.807, 2.05) is 0 Å². The lowest BCUT2D eigenvalue weighted by Gasteiger charge is -2.13. The van der Waals surface area contributed by atoms with Crippen LogP contribution in [-0.4, -0.2) is 30.2 Å². The highest BCUT2D eigenvalue weighted by atomic mass is 35.5. The van der Waals surface area contributed by atoms with Gasteiger partial charge in [0.25, 0.3) is 0 Å². The summed E-state index contributed by atoms with van der Waals surface area (Å²) in [5.41, 5.74) is 0.920. The summed E-state index contributed by atoms with van der Waals surface area (Å²) in [6.45, 7) is 1.06. The zero-order valence-corrected chi connectivity index (χ0v) is 14.0. The Kier molecular flexibility index (Phi) is 5.09. The first-order valence-corrected chi connectivity index (χ1v) is 8.12. The van der Waals surface area contributed by atoms with Crippen LogP contribution >= 0.6 is 11.6 Å². The second kappa shape index (κ2) is 7.44. The number of carboxylic acid groups (broad SMARTS) is 1. The molecule has 1 aliphatic rings. The van der Waals surface area contributed by atoms with E-state index in [0.29, 0.717) is 41.0 Å². The summed E-state index contributed by atoms with van der Waals surface area (Å²) >= 11 is 6.20. The second-order valence-corrected chi connectivity index (χ2v) is 5.92. The van der Waals surface area contributed by atoms with Crippen molar-refractivity contribution in [2.24, 2.45) is 0 Å². The smallest absolute Gasteiger partial charge is 0.335 e. The maximum atomic E-state index is 12.3. The molecule has 3 rings (SSSR count). The fourth-order valence-corrected chi connectivity index (χ4v) is 2.73. The third kappa shape index (κ3) is 4.03. The molecule has 0 spiro atoms. The average molecular weight is 362 g/mol. The Morgan fingerprint density at radius 1 is 1.12 bits per heavy atom. The van der Waals surface area contributed by atoms with Crippen LogP contribution in [0.1, 0.15) is 22.3 Å². The molecule has 1 aliphatic heterocycles. The highest BCUT2D eigenvalue weighted by molar-refractivity contribution is 6.34. The van der Waals surface area contributed by atoms with Gasteiger partial charge in [-0.1, -0.05) is 29.8 Å². The number of ether oxygens (including phenoxy) is 2. The summed E-state index contributed by atoms with van der Waals surface area (Å²) in [4.78, 5) is 23.5. The van der Waals surface area contributed by atoms with Crippen molar-refractivity contribution in [3.8, 4) is 11.5 Å². The molecular formula is C18H16ClNO5. The molecule has 0 fully saturated rings. The predicted molar refractivity (Wildman–Crippen MR) is 92.8 cm³/mol. The number of carbonyl (C=O) groups is 2. The molecule has 25 heavy (non-hydrogen) atoms. The van der Waals surface area contributed by atoms with Crippen molar-refractivity contribution in [1.29, 1.82) is 0 Å². The molecule has 0 saturated carbocycles. The van der Waals surface area contributed by atoms with E-state index in [0.717, 1.165) is 6.42 Å². The van der Waals surface area contributed by atoms with Crippen LogP contribution < -0.4 is 14.8 Å². The third-order valence-electron chi connectivity index (χ3n) is 3.71. The van der Waals surface area contributed by atoms with Gasteiger partial charge in [0, 0.05) is 18.6 Å². The number of amides is 1. The first-order chi connectivity index (χ1) is 12.0. The van der Waals surface area contributed by atoms with Gasteiger partial charge < -0.3 is 19.9 Å². The van der Waals surface area contributed by atoms with Gasteiger partial charge in [0.05, 0.1) is 35.9 Å². The fraction of sp³-hybridized carbons (Fsp3) is 0.222. The topological polar surface area (TPSA) is 84.9 Å². The first-order valence-electron chi connectivity index (χ1n) is 7.75. The van der Waals surface area contributed by atoms with E-state index in [2.05, 4.69) is 5.32 Å². The van der Waals surface area contributed by atoms with E-state index in [1.165, 1.54) is 6.07 Å². The number of fused-ring (bicyclic) bond motifs is 1. The van der Waals surface area contributed by atoms with Gasteiger partial charge in [-0.05, 0) is 11.6 Å². The van der Waals surface area contributed by atoms with Crippen LogP contribution in [0.3, 0.4) is 0 Å². The first kappa shape index (κ1) is 17.1. The van der Waals surface area contributed by atoms with Crippen molar-refractivity contribution in [2.45, 2.75) is 12.8 Å². The molecule has 0 radical (unpaired) electrons. The van der Waals surface area contributed by atoms with Gasteiger partial charge in [-0.15, -0.1) is 0 Å². The Bertz CT molecular complexity index is 821. The average Bonchev–Trinajstić information content (AvgIpc) is 2.80. The molecule has 7 heteroatoms. The monoisotopic (exact) mass is 361 g/mol. The molecule has 1 amide bonds. The summed E-state index contributed by atoms with van der Waals surface area (Å²) in [7, 11) is 0. The van der Waals surface area contributed by atoms with Crippen molar-refractivity contribution < 1.29 is 24.2 Å². The number of halogens is 1. The van der Waals surface area contributed by atoms with Crippen molar-refractivity contribution >= 4 is 29.2 Å². The zero-order valence-electron chi connectivity index (χ0n) is 13.3. The summed E-state index contributed by atoms with van der Waals surface area (Å²) in [6, 6.07) is 9.60. The van der Waals surface area contributed by atoms with Crippen molar-refractivity contribution in [1.82, 2.24) is 0 Å². The molecule has 6 nitrogen and oxygen atoms in total. The minimum absolute atomic E-state index is 0.0761. The molecule has 0 bridgehead atoms. The maximum Gasteiger partial charge on any atom is 0.335 e. The van der Waals surface area contributed by atoms with Crippen LogP contribution in [0.15, 0.2) is 36.4 Å². The molecule has 2 N–H and O–H groups in total. The quantitative estimate of drug-likeness (QED) is 0.872. The molecule has 2 aromatic carbocycles. The van der Waals surface area contributed by atoms with Gasteiger partial charge in [-0.25, -0.2) is 4.79 Å². The van der Waals surface area contributed by atoms with E-state index in [1.54, 1.807) is 30.3 Å². The van der Waals surface area contributed by atoms with E-state index in [4.69, 9.17) is 21.1 Å². The van der Waals surface area contributed by atoms with Crippen molar-refractivity contribution in [3.05, 3.63) is 52.5 Å². The molecule has 0 saturated heterocycles. The molecule has 1 heterocycles. The zero-order chi connectivity index (χ0) is 17.8. The normalized spacial score (nSPS) is 13.0. The molecule has 0 aromatic heterocycles. The van der Waals surface area contributed by atoms with Crippen molar-refractivity contribution in [2.75, 3.05) is 18.5 Å². The minimum atomic E-state index is -1.07. The minimum Gasteiger partial charge on any atom is -0.490 e. The van der Waals surface area contributed by atoms with Crippen molar-refractivity contribution in [3.63, 3.8) is 0 Å². The highest BCUT2D eigenvalue weighted by Gasteiger charge is 2.17. The van der Waals surface area contributed by atoms with Gasteiger partial charge >= 0.3 is 5.97 Å². The molecule has 0 aliphatic carbocycles. The van der Waals surface area contributed by atoms with E-state index < -0.39 is 5.97 Å². The number of hydrogen-bond acceptors (Lipinski definition) is 4. The van der Waals surface area contributed by atoms with Gasteiger partial charge in [-0.3, -0.25) is 4.79 Å². The lowest BCUT2D eigenvalue weighted by Crippen LogP contribution is -2.16. The molecule has 2 aromatic rings. The Labute approximate surface area is 149 Å². The Morgan fingerprint density at radius 3 is 2.52 bits per heavy atom. The Balaban J connectivity index is 1.78. The molecule has 0 atom stereocenters. The van der Waals surface area contributed by atoms with Gasteiger partial charge in [0.2, 0.25) is 5.91 Å². The van der Waals surface area contributed by atoms with Crippen LogP contribution in [0.5, 0.6) is 11.5 Å². The maximum absolute atomic E-state index is 12.3. The Morgan fingerprint density at radius 2 is 1.80 bits per heavy atom. The van der Waals surface area contributed by atoms with Crippen LogP contribution in [0.4, 0.5) is 5.69 Å². The van der Waals surface area contributed by atoms with Crippen LogP contribution in [0.25, 0.3) is 0 Å². The number of nitrogens with one attached hydrogen (secondary N) is 1. The number of aromatic carboxylic acids is 1. The molecule has 130 valence electrons. The van der Waals surface area contributed by atoms with Gasteiger partial charge in [0.1, 0.15) is 0 Å². The number of anilines is 1. The predicted octanol–water partition coefficient (Wildman–Crippen LogP) is 3.38. The molecular weight excluding hydrogens is 346 g/mol. The summed E-state index contributed by atoms with van der Waals surface area (Å²) in [5, 5.41) is 12.2. The largest absolute Gasteiger partial charge is 0.490 e. The van der Waals surface area contributed by atoms with Crippen LogP contribution in [0.2, 0.25) is 5.02 Å². The van der Waals surface area contributed by atoms with Crippen LogP contribution in [-0.2, 0) is 11.2 Å². The number of hydrogen-bond donors (Lipinski definition) is 2. The van der Waals surface area contributed by atoms with Gasteiger partial charge in [-0.2, -0.15) is 0 Å². The fourth-order valence-electron chi connectivity index (χ4n) is 2.53. The third-order valence-corrected chi connectivity index (χ3v) is 4.02. The number of carboxylic acids is 1. The number of rotatable bonds is 4. The van der Waals surface area contributed by atoms with Gasteiger partial charge in [0.15, 0.2) is 11.5 Å².